The molecular weight excluding hydrogens is 227 g/mol. The summed E-state index contributed by atoms with van der Waals surface area (Å²) in [4.78, 5) is 10.7. The van der Waals surface area contributed by atoms with Crippen molar-refractivity contribution in [2.45, 2.75) is 39.0 Å². The molecule has 0 heterocycles. The van der Waals surface area contributed by atoms with E-state index in [1.165, 1.54) is 18.2 Å². The van der Waals surface area contributed by atoms with Gasteiger partial charge in [0.25, 0.3) is 0 Å². The first kappa shape index (κ1) is 16.5. The van der Waals surface area contributed by atoms with Gasteiger partial charge in [0.1, 0.15) is 0 Å². The molecule has 0 aliphatic carbocycles. The van der Waals surface area contributed by atoms with Gasteiger partial charge in [-0.15, -0.1) is 5.75 Å². The third-order valence-corrected chi connectivity index (χ3v) is 2.61. The van der Waals surface area contributed by atoms with Crippen LogP contribution in [0.4, 0.5) is 0 Å². The fourth-order valence-corrected chi connectivity index (χ4v) is 1.65. The van der Waals surface area contributed by atoms with Crippen LogP contribution >= 0.6 is 0 Å². The number of aryl methyl sites for hydroxylation is 1. The number of carboxylic acids is 1. The molecule has 1 aromatic rings. The molecule has 4 heteroatoms. The van der Waals surface area contributed by atoms with E-state index >= 15 is 0 Å². The standard InChI is InChI=1S/C13H18O3.Na/c1-2-3-4-5-6-10-9-11(13(15)16)7-8-12(10)14;/h7-9,14H,2-6H2,1H3,(H,15,16);/q;+1/p-1. The Morgan fingerprint density at radius 2 is 2.00 bits per heavy atom. The maximum absolute atomic E-state index is 11.5. The zero-order valence-corrected chi connectivity index (χ0v) is 12.5. The molecule has 1 aromatic carbocycles. The van der Waals surface area contributed by atoms with Gasteiger partial charge in [0.05, 0.1) is 5.56 Å². The second-order valence-electron chi connectivity index (χ2n) is 3.94. The summed E-state index contributed by atoms with van der Waals surface area (Å²) in [5, 5.41) is 20.3. The molecule has 0 aliphatic rings. The first-order chi connectivity index (χ1) is 7.65. The average Bonchev–Trinajstić information content (AvgIpc) is 2.26. The van der Waals surface area contributed by atoms with Gasteiger partial charge in [-0.1, -0.05) is 37.8 Å². The summed E-state index contributed by atoms with van der Waals surface area (Å²) in [6.45, 7) is 2.13. The van der Waals surface area contributed by atoms with Crippen LogP contribution in [0, 0.1) is 0 Å². The van der Waals surface area contributed by atoms with Crippen molar-refractivity contribution in [3.05, 3.63) is 29.3 Å². The number of unbranched alkanes of at least 4 members (excludes halogenated alkanes) is 3. The van der Waals surface area contributed by atoms with Crippen molar-refractivity contribution in [2.75, 3.05) is 0 Å². The van der Waals surface area contributed by atoms with Crippen molar-refractivity contribution in [3.8, 4) is 5.75 Å². The van der Waals surface area contributed by atoms with E-state index < -0.39 is 5.97 Å². The van der Waals surface area contributed by atoms with Crippen LogP contribution in [0.3, 0.4) is 0 Å². The Balaban J connectivity index is 0.00000256. The minimum Gasteiger partial charge on any atom is -0.872 e. The van der Waals surface area contributed by atoms with Gasteiger partial charge >= 0.3 is 35.5 Å². The van der Waals surface area contributed by atoms with E-state index in [-0.39, 0.29) is 40.9 Å². The number of hydrogen-bond acceptors (Lipinski definition) is 2. The molecule has 0 saturated carbocycles. The largest absolute Gasteiger partial charge is 1.00 e. The summed E-state index contributed by atoms with van der Waals surface area (Å²) in [5.41, 5.74) is 0.820. The molecule has 0 bridgehead atoms. The summed E-state index contributed by atoms with van der Waals surface area (Å²) >= 11 is 0. The predicted molar refractivity (Wildman–Crippen MR) is 60.7 cm³/mol. The van der Waals surface area contributed by atoms with Crippen LogP contribution < -0.4 is 34.7 Å². The van der Waals surface area contributed by atoms with E-state index in [0.717, 1.165) is 25.7 Å². The molecule has 88 valence electrons. The van der Waals surface area contributed by atoms with Gasteiger partial charge in [-0.05, 0) is 25.0 Å². The Hall–Kier alpha value is -0.510. The number of carboxylic acid groups (broad SMARTS) is 1. The molecule has 1 N–H and O–H groups in total. The van der Waals surface area contributed by atoms with Gasteiger partial charge in [0.2, 0.25) is 0 Å². The molecule has 1 rings (SSSR count). The van der Waals surface area contributed by atoms with E-state index in [9.17, 15) is 9.90 Å². The Morgan fingerprint density at radius 1 is 1.29 bits per heavy atom. The molecular formula is C13H17NaO3. The maximum atomic E-state index is 11.5. The van der Waals surface area contributed by atoms with E-state index in [1.54, 1.807) is 0 Å². The maximum Gasteiger partial charge on any atom is 1.00 e. The molecule has 0 unspecified atom stereocenters. The summed E-state index contributed by atoms with van der Waals surface area (Å²) in [7, 11) is 0. The first-order valence-electron chi connectivity index (χ1n) is 5.68. The van der Waals surface area contributed by atoms with Gasteiger partial charge < -0.3 is 10.2 Å². The third kappa shape index (κ3) is 5.57. The van der Waals surface area contributed by atoms with E-state index in [2.05, 4.69) is 6.92 Å². The van der Waals surface area contributed by atoms with Crippen molar-refractivity contribution in [3.63, 3.8) is 0 Å². The average molecular weight is 244 g/mol. The molecule has 0 fully saturated rings. The van der Waals surface area contributed by atoms with Crippen molar-refractivity contribution in [1.82, 2.24) is 0 Å². The van der Waals surface area contributed by atoms with Gasteiger partial charge in [0.15, 0.2) is 0 Å². The molecule has 0 radical (unpaired) electrons. The van der Waals surface area contributed by atoms with Crippen LogP contribution in [0.1, 0.15) is 48.5 Å². The first-order valence-corrected chi connectivity index (χ1v) is 5.68. The smallest absolute Gasteiger partial charge is 0.872 e. The molecule has 0 spiro atoms. The number of benzene rings is 1. The molecule has 17 heavy (non-hydrogen) atoms. The summed E-state index contributed by atoms with van der Waals surface area (Å²) in [6.07, 6.45) is 5.03. The van der Waals surface area contributed by atoms with Crippen LogP contribution in [0.15, 0.2) is 18.2 Å². The van der Waals surface area contributed by atoms with Gasteiger partial charge in [-0.2, -0.15) is 0 Å². The Morgan fingerprint density at radius 3 is 2.59 bits per heavy atom. The number of aromatic carboxylic acids is 1. The molecule has 0 amide bonds. The van der Waals surface area contributed by atoms with Crippen LogP contribution in [0.5, 0.6) is 5.75 Å². The molecule has 0 saturated heterocycles. The van der Waals surface area contributed by atoms with Crippen LogP contribution in [-0.4, -0.2) is 11.1 Å². The monoisotopic (exact) mass is 244 g/mol. The topological polar surface area (TPSA) is 60.4 Å². The normalized spacial score (nSPS) is 9.71. The van der Waals surface area contributed by atoms with E-state index in [1.807, 2.05) is 0 Å². The molecule has 0 aliphatic heterocycles. The number of carbonyl (C=O) groups is 1. The minimum atomic E-state index is -0.977. The van der Waals surface area contributed by atoms with Crippen molar-refractivity contribution >= 4 is 5.97 Å². The second kappa shape index (κ2) is 8.56. The second-order valence-corrected chi connectivity index (χ2v) is 3.94. The summed E-state index contributed by atoms with van der Waals surface area (Å²) in [6, 6.07) is 4.20. The van der Waals surface area contributed by atoms with Gasteiger partial charge in [-0.3, -0.25) is 0 Å². The predicted octanol–water partition coefficient (Wildman–Crippen LogP) is -0.415. The van der Waals surface area contributed by atoms with Crippen molar-refractivity contribution in [2.24, 2.45) is 0 Å². The Kier molecular flexibility index (Phi) is 8.30. The quantitative estimate of drug-likeness (QED) is 0.546. The van der Waals surface area contributed by atoms with E-state index in [0.29, 0.717) is 12.0 Å². The van der Waals surface area contributed by atoms with Gasteiger partial charge in [0, 0.05) is 0 Å². The van der Waals surface area contributed by atoms with Crippen LogP contribution in [-0.2, 0) is 6.42 Å². The zero-order chi connectivity index (χ0) is 12.0. The van der Waals surface area contributed by atoms with Crippen LogP contribution in [0.25, 0.3) is 0 Å². The number of rotatable bonds is 6. The zero-order valence-electron chi connectivity index (χ0n) is 10.5. The Labute approximate surface area is 124 Å². The van der Waals surface area contributed by atoms with Crippen LogP contribution in [0.2, 0.25) is 0 Å². The molecule has 0 atom stereocenters. The Bertz CT molecular complexity index is 364. The summed E-state index contributed by atoms with van der Waals surface area (Å²) < 4.78 is 0. The SMILES string of the molecule is CCCCCCc1cc(C(=O)O)ccc1[O-].[Na+]. The fourth-order valence-electron chi connectivity index (χ4n) is 1.65. The number of hydrogen-bond donors (Lipinski definition) is 1. The summed E-state index contributed by atoms with van der Waals surface area (Å²) in [5.74, 6) is -1.03. The fraction of sp³-hybridized carbons (Fsp3) is 0.462. The third-order valence-electron chi connectivity index (χ3n) is 2.61. The van der Waals surface area contributed by atoms with Crippen molar-refractivity contribution < 1.29 is 44.6 Å². The molecule has 0 aromatic heterocycles. The molecule has 3 nitrogen and oxygen atoms in total. The minimum absolute atomic E-state index is 0. The van der Waals surface area contributed by atoms with Gasteiger partial charge in [-0.25, -0.2) is 4.79 Å². The van der Waals surface area contributed by atoms with Crippen molar-refractivity contribution in [1.29, 1.82) is 0 Å². The van der Waals surface area contributed by atoms with E-state index in [4.69, 9.17) is 5.11 Å².